The van der Waals surface area contributed by atoms with Gasteiger partial charge in [0.05, 0.1) is 20.3 Å². The molecule has 0 aliphatic rings. The van der Waals surface area contributed by atoms with Crippen LogP contribution >= 0.6 is 0 Å². The predicted octanol–water partition coefficient (Wildman–Crippen LogP) is 4.98. The second-order valence-corrected chi connectivity index (χ2v) is 6.99. The minimum Gasteiger partial charge on any atom is -0.493 e. The molecule has 1 unspecified atom stereocenters. The number of carbonyl (C=O) groups excluding carboxylic acids is 1. The van der Waals surface area contributed by atoms with Crippen LogP contribution < -0.4 is 9.47 Å². The Morgan fingerprint density at radius 1 is 0.793 bits per heavy atom. The highest BCUT2D eigenvalue weighted by atomic mass is 16.5. The highest BCUT2D eigenvalue weighted by Gasteiger charge is 2.24. The van der Waals surface area contributed by atoms with Crippen molar-refractivity contribution >= 4 is 5.78 Å². The summed E-state index contributed by atoms with van der Waals surface area (Å²) >= 11 is 0. The Hall–Kier alpha value is -3.11. The predicted molar refractivity (Wildman–Crippen MR) is 115 cm³/mol. The fourth-order valence-electron chi connectivity index (χ4n) is 3.36. The van der Waals surface area contributed by atoms with Gasteiger partial charge in [0.1, 0.15) is 0 Å². The van der Waals surface area contributed by atoms with E-state index in [0.29, 0.717) is 30.2 Å². The summed E-state index contributed by atoms with van der Waals surface area (Å²) in [6, 6.07) is 25.5. The number of hydrogen-bond donors (Lipinski definition) is 0. The van der Waals surface area contributed by atoms with E-state index in [1.807, 2.05) is 43.3 Å². The van der Waals surface area contributed by atoms with Crippen LogP contribution in [0.25, 0.3) is 0 Å². The Labute approximate surface area is 172 Å². The summed E-state index contributed by atoms with van der Waals surface area (Å²) < 4.78 is 10.7. The Balaban J connectivity index is 1.86. The normalized spacial score (nSPS) is 11.9. The van der Waals surface area contributed by atoms with Crippen LogP contribution in [0.15, 0.2) is 78.9 Å². The summed E-state index contributed by atoms with van der Waals surface area (Å²) in [5.74, 6) is 1.23. The number of methoxy groups -OCH3 is 2. The number of hydrogen-bond acceptors (Lipinski definition) is 4. The highest BCUT2D eigenvalue weighted by molar-refractivity contribution is 6.00. The van der Waals surface area contributed by atoms with Gasteiger partial charge in [0, 0.05) is 18.7 Å². The van der Waals surface area contributed by atoms with Gasteiger partial charge >= 0.3 is 0 Å². The third-order valence-electron chi connectivity index (χ3n) is 5.05. The molecule has 29 heavy (non-hydrogen) atoms. The number of Topliss-reactive ketones (excluding diaryl/α,β-unsaturated/α-hetero) is 1. The zero-order chi connectivity index (χ0) is 20.6. The molecule has 0 fully saturated rings. The van der Waals surface area contributed by atoms with Crippen molar-refractivity contribution in [3.8, 4) is 11.5 Å². The topological polar surface area (TPSA) is 38.8 Å². The first-order valence-electron chi connectivity index (χ1n) is 9.70. The van der Waals surface area contributed by atoms with Crippen LogP contribution in [-0.4, -0.2) is 30.9 Å². The van der Waals surface area contributed by atoms with Gasteiger partial charge in [-0.25, -0.2) is 0 Å². The number of nitrogens with zero attached hydrogens (tertiary/aromatic N) is 1. The van der Waals surface area contributed by atoms with Crippen molar-refractivity contribution in [3.63, 3.8) is 0 Å². The molecular weight excluding hydrogens is 362 g/mol. The zero-order valence-corrected chi connectivity index (χ0v) is 17.2. The van der Waals surface area contributed by atoms with Crippen molar-refractivity contribution in [3.05, 3.63) is 95.6 Å². The molecule has 0 N–H and O–H groups in total. The fourth-order valence-corrected chi connectivity index (χ4v) is 3.36. The number of ketones is 1. The van der Waals surface area contributed by atoms with Gasteiger partial charge in [0.15, 0.2) is 17.3 Å². The molecule has 0 aromatic heterocycles. The third-order valence-corrected chi connectivity index (χ3v) is 5.05. The molecule has 0 amide bonds. The molecule has 4 nitrogen and oxygen atoms in total. The minimum absolute atomic E-state index is 0.0535. The summed E-state index contributed by atoms with van der Waals surface area (Å²) in [6.45, 7) is 3.34. The van der Waals surface area contributed by atoms with E-state index in [-0.39, 0.29) is 11.8 Å². The Morgan fingerprint density at radius 3 is 1.79 bits per heavy atom. The van der Waals surface area contributed by atoms with Crippen molar-refractivity contribution in [2.45, 2.75) is 26.1 Å². The molecular formula is C25H27NO3. The maximum atomic E-state index is 13.3. The molecule has 3 rings (SSSR count). The van der Waals surface area contributed by atoms with E-state index >= 15 is 0 Å². The van der Waals surface area contributed by atoms with Gasteiger partial charge in [-0.2, -0.15) is 0 Å². The van der Waals surface area contributed by atoms with Crippen LogP contribution in [0.2, 0.25) is 0 Å². The third kappa shape index (κ3) is 5.24. The van der Waals surface area contributed by atoms with Crippen LogP contribution in [0.4, 0.5) is 0 Å². The van der Waals surface area contributed by atoms with Crippen LogP contribution in [0.5, 0.6) is 11.5 Å². The molecule has 0 saturated heterocycles. The van der Waals surface area contributed by atoms with Crippen LogP contribution in [-0.2, 0) is 13.1 Å². The first-order valence-corrected chi connectivity index (χ1v) is 9.70. The van der Waals surface area contributed by atoms with Gasteiger partial charge in [0.2, 0.25) is 0 Å². The number of carbonyl (C=O) groups is 1. The van der Waals surface area contributed by atoms with E-state index in [9.17, 15) is 4.79 Å². The standard InChI is InChI=1S/C25H27NO3/c1-19(25(27)22-14-15-23(28-2)24(16-22)29-3)26(17-20-10-6-4-7-11-20)18-21-12-8-5-9-13-21/h4-16,19H,17-18H2,1-3H3. The van der Waals surface area contributed by atoms with Crippen molar-refractivity contribution in [2.75, 3.05) is 14.2 Å². The van der Waals surface area contributed by atoms with E-state index < -0.39 is 0 Å². The molecule has 0 aliphatic heterocycles. The smallest absolute Gasteiger partial charge is 0.179 e. The van der Waals surface area contributed by atoms with Gasteiger partial charge in [-0.3, -0.25) is 9.69 Å². The van der Waals surface area contributed by atoms with Gasteiger partial charge in [-0.1, -0.05) is 60.7 Å². The Kier molecular flexibility index (Phi) is 7.04. The van der Waals surface area contributed by atoms with Crippen LogP contribution in [0.3, 0.4) is 0 Å². The molecule has 0 aliphatic carbocycles. The molecule has 0 heterocycles. The average Bonchev–Trinajstić information content (AvgIpc) is 2.78. The zero-order valence-electron chi connectivity index (χ0n) is 17.2. The molecule has 0 radical (unpaired) electrons. The molecule has 3 aromatic carbocycles. The van der Waals surface area contributed by atoms with Crippen LogP contribution in [0, 0.1) is 0 Å². The van der Waals surface area contributed by atoms with E-state index in [2.05, 4.69) is 29.2 Å². The highest BCUT2D eigenvalue weighted by Crippen LogP contribution is 2.28. The average molecular weight is 389 g/mol. The van der Waals surface area contributed by atoms with Crippen molar-refractivity contribution in [1.82, 2.24) is 4.90 Å². The fraction of sp³-hybridized carbons (Fsp3) is 0.240. The van der Waals surface area contributed by atoms with E-state index in [0.717, 1.165) is 0 Å². The molecule has 0 bridgehead atoms. The SMILES string of the molecule is COc1ccc(C(=O)C(C)N(Cc2ccccc2)Cc2ccccc2)cc1OC. The number of ether oxygens (including phenoxy) is 2. The van der Waals surface area contributed by atoms with E-state index in [1.54, 1.807) is 32.4 Å². The lowest BCUT2D eigenvalue weighted by Gasteiger charge is -2.28. The number of benzene rings is 3. The van der Waals surface area contributed by atoms with Crippen LogP contribution in [0.1, 0.15) is 28.4 Å². The van der Waals surface area contributed by atoms with Gasteiger partial charge < -0.3 is 9.47 Å². The second kappa shape index (κ2) is 9.89. The Morgan fingerprint density at radius 2 is 1.31 bits per heavy atom. The van der Waals surface area contributed by atoms with Crippen molar-refractivity contribution in [2.24, 2.45) is 0 Å². The molecule has 4 heteroatoms. The molecule has 0 spiro atoms. The van der Waals surface area contributed by atoms with Gasteiger partial charge in [-0.05, 0) is 36.2 Å². The Bertz CT molecular complexity index is 884. The summed E-state index contributed by atoms with van der Waals surface area (Å²) in [6.07, 6.45) is 0. The van der Waals surface area contributed by atoms with Gasteiger partial charge in [-0.15, -0.1) is 0 Å². The van der Waals surface area contributed by atoms with E-state index in [4.69, 9.17) is 9.47 Å². The molecule has 1 atom stereocenters. The molecule has 150 valence electrons. The quantitative estimate of drug-likeness (QED) is 0.484. The maximum absolute atomic E-state index is 13.3. The first-order chi connectivity index (χ1) is 14.1. The monoisotopic (exact) mass is 389 g/mol. The summed E-state index contributed by atoms with van der Waals surface area (Å²) in [5.41, 5.74) is 2.96. The molecule has 3 aromatic rings. The maximum Gasteiger partial charge on any atom is 0.179 e. The van der Waals surface area contributed by atoms with Crippen molar-refractivity contribution in [1.29, 1.82) is 0 Å². The van der Waals surface area contributed by atoms with E-state index in [1.165, 1.54) is 11.1 Å². The summed E-state index contributed by atoms with van der Waals surface area (Å²) in [4.78, 5) is 15.5. The lowest BCUT2D eigenvalue weighted by Crippen LogP contribution is -2.38. The summed E-state index contributed by atoms with van der Waals surface area (Å²) in [7, 11) is 3.16. The number of rotatable bonds is 9. The first kappa shape index (κ1) is 20.6. The lowest BCUT2D eigenvalue weighted by molar-refractivity contribution is 0.0816. The van der Waals surface area contributed by atoms with Gasteiger partial charge in [0.25, 0.3) is 0 Å². The van der Waals surface area contributed by atoms with Crippen molar-refractivity contribution < 1.29 is 14.3 Å². The molecule has 0 saturated carbocycles. The second-order valence-electron chi connectivity index (χ2n) is 6.99. The minimum atomic E-state index is -0.298. The summed E-state index contributed by atoms with van der Waals surface area (Å²) in [5, 5.41) is 0. The largest absolute Gasteiger partial charge is 0.493 e. The lowest BCUT2D eigenvalue weighted by atomic mass is 10.0.